The zero-order chi connectivity index (χ0) is 20.7. The van der Waals surface area contributed by atoms with E-state index in [1.165, 1.54) is 0 Å². The Bertz CT molecular complexity index is 536. The van der Waals surface area contributed by atoms with E-state index in [1.54, 1.807) is 18.6 Å². The second-order valence-corrected chi connectivity index (χ2v) is 7.42. The molecule has 0 atom stereocenters. The van der Waals surface area contributed by atoms with Gasteiger partial charge in [0.2, 0.25) is 0 Å². The Hall–Kier alpha value is -0.600. The van der Waals surface area contributed by atoms with Crippen molar-refractivity contribution >= 4 is 7.82 Å². The maximum Gasteiger partial charge on any atom is 0.527 e. The SMILES string of the molecule is CC1(C)COP(=O)(OCC(F)(F)OC(F)(F)C(F)(F)OC(F)(F)F)OC1. The van der Waals surface area contributed by atoms with Crippen LogP contribution in [0.2, 0.25) is 0 Å². The third-order valence-corrected chi connectivity index (χ3v) is 3.81. The van der Waals surface area contributed by atoms with Gasteiger partial charge in [0.15, 0.2) is 0 Å². The van der Waals surface area contributed by atoms with Crippen LogP contribution in [0.25, 0.3) is 0 Å². The standard InChI is InChI=1S/C10H12F9O6P/c1-6(2)3-21-26(20,22-4-6)23-5-7(11,12)24-8(13,14)9(15,16)25-10(17,18)19/h3-5H2,1-2H3. The number of halogens is 9. The van der Waals surface area contributed by atoms with Gasteiger partial charge in [-0.1, -0.05) is 13.8 Å². The number of phosphoric ester groups is 1. The minimum atomic E-state index is -6.49. The lowest BCUT2D eigenvalue weighted by Crippen LogP contribution is -2.51. The summed E-state index contributed by atoms with van der Waals surface area (Å²) in [7, 11) is -4.63. The molecule has 0 unspecified atom stereocenters. The molecule has 6 nitrogen and oxygen atoms in total. The van der Waals surface area contributed by atoms with E-state index in [1.807, 2.05) is 0 Å². The Morgan fingerprint density at radius 1 is 0.885 bits per heavy atom. The third kappa shape index (κ3) is 6.85. The van der Waals surface area contributed by atoms with Gasteiger partial charge in [-0.2, -0.15) is 26.3 Å². The minimum Gasteiger partial charge on any atom is -0.286 e. The van der Waals surface area contributed by atoms with Crippen molar-refractivity contribution in [1.29, 1.82) is 0 Å². The van der Waals surface area contributed by atoms with E-state index in [-0.39, 0.29) is 13.2 Å². The van der Waals surface area contributed by atoms with Crippen molar-refractivity contribution in [2.24, 2.45) is 5.41 Å². The van der Waals surface area contributed by atoms with Crippen molar-refractivity contribution in [2.75, 3.05) is 19.8 Å². The number of alkyl halides is 9. The monoisotopic (exact) mass is 430 g/mol. The van der Waals surface area contributed by atoms with E-state index >= 15 is 0 Å². The van der Waals surface area contributed by atoms with Gasteiger partial charge >= 0.3 is 32.5 Å². The predicted octanol–water partition coefficient (Wildman–Crippen LogP) is 4.52. The quantitative estimate of drug-likeness (QED) is 0.438. The van der Waals surface area contributed by atoms with Crippen LogP contribution < -0.4 is 0 Å². The summed E-state index contributed by atoms with van der Waals surface area (Å²) in [6, 6.07) is 0. The van der Waals surface area contributed by atoms with Crippen LogP contribution in [-0.4, -0.2) is 44.5 Å². The van der Waals surface area contributed by atoms with Crippen LogP contribution in [0.1, 0.15) is 13.8 Å². The first-order chi connectivity index (χ1) is 11.3. The highest BCUT2D eigenvalue weighted by molar-refractivity contribution is 7.48. The molecule has 0 radical (unpaired) electrons. The van der Waals surface area contributed by atoms with Crippen LogP contribution in [0.3, 0.4) is 0 Å². The molecule has 0 aliphatic carbocycles. The lowest BCUT2D eigenvalue weighted by Gasteiger charge is -2.34. The first-order valence-corrected chi connectivity index (χ1v) is 7.88. The summed E-state index contributed by atoms with van der Waals surface area (Å²) in [5.41, 5.74) is -0.680. The fourth-order valence-corrected chi connectivity index (χ4v) is 2.84. The van der Waals surface area contributed by atoms with Gasteiger partial charge in [0, 0.05) is 5.41 Å². The van der Waals surface area contributed by atoms with Crippen LogP contribution in [0.5, 0.6) is 0 Å². The molecule has 1 rings (SSSR count). The highest BCUT2D eigenvalue weighted by atomic mass is 31.2. The van der Waals surface area contributed by atoms with Crippen molar-refractivity contribution < 1.29 is 67.1 Å². The molecule has 0 aromatic carbocycles. The summed E-state index contributed by atoms with van der Waals surface area (Å²) in [5, 5.41) is 0. The highest BCUT2D eigenvalue weighted by Crippen LogP contribution is 2.55. The van der Waals surface area contributed by atoms with Crippen molar-refractivity contribution in [2.45, 2.75) is 38.5 Å². The second kappa shape index (κ2) is 7.09. The molecule has 0 aromatic heterocycles. The van der Waals surface area contributed by atoms with E-state index in [9.17, 15) is 44.1 Å². The van der Waals surface area contributed by atoms with E-state index in [2.05, 4.69) is 18.3 Å². The molecule has 0 amide bonds. The van der Waals surface area contributed by atoms with Gasteiger partial charge < -0.3 is 0 Å². The van der Waals surface area contributed by atoms with Crippen LogP contribution in [0.15, 0.2) is 0 Å². The molecule has 1 fully saturated rings. The van der Waals surface area contributed by atoms with Gasteiger partial charge in [0.05, 0.1) is 13.2 Å². The number of hydrogen-bond acceptors (Lipinski definition) is 6. The molecule has 0 saturated carbocycles. The minimum absolute atomic E-state index is 0.301. The summed E-state index contributed by atoms with van der Waals surface area (Å²) < 4.78 is 142. The molecule has 156 valence electrons. The molecule has 0 spiro atoms. The predicted molar refractivity (Wildman–Crippen MR) is 62.3 cm³/mol. The Kier molecular flexibility index (Phi) is 6.39. The van der Waals surface area contributed by atoms with Gasteiger partial charge in [0.25, 0.3) is 0 Å². The van der Waals surface area contributed by atoms with Gasteiger partial charge in [-0.3, -0.25) is 13.6 Å². The Morgan fingerprint density at radius 2 is 1.31 bits per heavy atom. The molecule has 26 heavy (non-hydrogen) atoms. The first-order valence-electron chi connectivity index (χ1n) is 6.42. The van der Waals surface area contributed by atoms with Gasteiger partial charge in [-0.25, -0.2) is 14.0 Å². The summed E-state index contributed by atoms with van der Waals surface area (Å²) >= 11 is 0. The number of rotatable bonds is 7. The van der Waals surface area contributed by atoms with Crippen molar-refractivity contribution in [3.8, 4) is 0 Å². The Labute approximate surface area is 140 Å². The van der Waals surface area contributed by atoms with Crippen LogP contribution in [-0.2, 0) is 27.6 Å². The molecular weight excluding hydrogens is 418 g/mol. The Balaban J connectivity index is 2.71. The number of ether oxygens (including phenoxy) is 2. The maximum atomic E-state index is 13.2. The zero-order valence-corrected chi connectivity index (χ0v) is 13.8. The first kappa shape index (κ1) is 23.4. The van der Waals surface area contributed by atoms with Crippen LogP contribution >= 0.6 is 7.82 Å². The van der Waals surface area contributed by atoms with E-state index in [4.69, 9.17) is 0 Å². The van der Waals surface area contributed by atoms with Gasteiger partial charge in [-0.15, -0.1) is 13.2 Å². The highest BCUT2D eigenvalue weighted by Gasteiger charge is 2.68. The second-order valence-electron chi connectivity index (χ2n) is 5.75. The third-order valence-electron chi connectivity index (χ3n) is 2.48. The maximum absolute atomic E-state index is 13.2. The van der Waals surface area contributed by atoms with Crippen molar-refractivity contribution in [1.82, 2.24) is 0 Å². The number of phosphoric acid groups is 1. The molecule has 0 N–H and O–H groups in total. The average Bonchev–Trinajstić information content (AvgIpc) is 2.37. The summed E-state index contributed by atoms with van der Waals surface area (Å²) in [6.07, 6.45) is -24.5. The lowest BCUT2D eigenvalue weighted by molar-refractivity contribution is -0.529. The molecular formula is C10H12F9O6P. The normalized spacial score (nSPS) is 21.7. The fraction of sp³-hybridized carbons (Fsp3) is 1.00. The molecule has 1 saturated heterocycles. The van der Waals surface area contributed by atoms with Gasteiger partial charge in [0.1, 0.15) is 6.61 Å². The van der Waals surface area contributed by atoms with E-state index in [0.29, 0.717) is 0 Å². The van der Waals surface area contributed by atoms with Crippen molar-refractivity contribution in [3.05, 3.63) is 0 Å². The molecule has 1 heterocycles. The smallest absolute Gasteiger partial charge is 0.286 e. The van der Waals surface area contributed by atoms with Crippen LogP contribution in [0, 0.1) is 5.41 Å². The largest absolute Gasteiger partial charge is 0.527 e. The molecule has 16 heteroatoms. The summed E-state index contributed by atoms with van der Waals surface area (Å²) in [5.74, 6) is 0. The summed E-state index contributed by atoms with van der Waals surface area (Å²) in [4.78, 5) is 0. The molecule has 0 aromatic rings. The topological polar surface area (TPSA) is 63.2 Å². The Morgan fingerprint density at radius 3 is 1.73 bits per heavy atom. The van der Waals surface area contributed by atoms with E-state index in [0.717, 1.165) is 0 Å². The lowest BCUT2D eigenvalue weighted by atomic mass is 9.97. The zero-order valence-electron chi connectivity index (χ0n) is 12.9. The summed E-state index contributed by atoms with van der Waals surface area (Å²) in [6.45, 7) is 0.187. The molecule has 0 bridgehead atoms. The van der Waals surface area contributed by atoms with E-state index < -0.39 is 44.5 Å². The molecule has 1 aliphatic rings. The van der Waals surface area contributed by atoms with Crippen LogP contribution in [0.4, 0.5) is 39.5 Å². The molecule has 1 aliphatic heterocycles. The fourth-order valence-electron chi connectivity index (χ4n) is 1.30. The van der Waals surface area contributed by atoms with Crippen molar-refractivity contribution in [3.63, 3.8) is 0 Å². The number of hydrogen-bond donors (Lipinski definition) is 0. The van der Waals surface area contributed by atoms with Gasteiger partial charge in [-0.05, 0) is 0 Å². The average molecular weight is 430 g/mol.